The maximum atomic E-state index is 12.4. The largest absolute Gasteiger partial charge is 0.341 e. The molecule has 0 spiro atoms. The van der Waals surface area contributed by atoms with Crippen LogP contribution in [0.5, 0.6) is 0 Å². The van der Waals surface area contributed by atoms with E-state index in [0.717, 1.165) is 36.7 Å². The van der Waals surface area contributed by atoms with Crippen LogP contribution in [0.15, 0.2) is 36.5 Å². The van der Waals surface area contributed by atoms with Gasteiger partial charge in [0.2, 0.25) is 5.95 Å². The number of hydrogen-bond acceptors (Lipinski definition) is 4. The lowest BCUT2D eigenvalue weighted by atomic mass is 9.82. The zero-order valence-electron chi connectivity index (χ0n) is 12.5. The molecule has 2 aliphatic rings. The lowest BCUT2D eigenvalue weighted by Gasteiger charge is -2.24. The van der Waals surface area contributed by atoms with Gasteiger partial charge < -0.3 is 4.90 Å². The number of aromatic nitrogens is 2. The van der Waals surface area contributed by atoms with Crippen molar-refractivity contribution >= 4 is 11.7 Å². The highest BCUT2D eigenvalue weighted by Gasteiger charge is 2.28. The maximum Gasteiger partial charge on any atom is 0.225 e. The molecule has 2 heterocycles. The zero-order chi connectivity index (χ0) is 14.9. The molecule has 4 rings (SSSR count). The molecule has 4 heteroatoms. The fourth-order valence-electron chi connectivity index (χ4n) is 3.46. The van der Waals surface area contributed by atoms with Crippen molar-refractivity contribution in [2.24, 2.45) is 0 Å². The molecule has 0 unspecified atom stereocenters. The Balaban J connectivity index is 1.66. The van der Waals surface area contributed by atoms with E-state index in [-0.39, 0.29) is 11.7 Å². The Morgan fingerprint density at radius 3 is 2.59 bits per heavy atom. The summed E-state index contributed by atoms with van der Waals surface area (Å²) in [6.45, 7) is 2.05. The highest BCUT2D eigenvalue weighted by Crippen LogP contribution is 2.32. The van der Waals surface area contributed by atoms with Crippen molar-refractivity contribution in [1.29, 1.82) is 0 Å². The van der Waals surface area contributed by atoms with E-state index < -0.39 is 0 Å². The molecule has 1 fully saturated rings. The Morgan fingerprint density at radius 2 is 1.82 bits per heavy atom. The molecule has 1 aliphatic carbocycles. The van der Waals surface area contributed by atoms with Crippen LogP contribution in [0.4, 0.5) is 5.95 Å². The highest BCUT2D eigenvalue weighted by molar-refractivity contribution is 5.98. The van der Waals surface area contributed by atoms with Gasteiger partial charge in [-0.1, -0.05) is 30.3 Å². The van der Waals surface area contributed by atoms with E-state index in [9.17, 15) is 4.79 Å². The summed E-state index contributed by atoms with van der Waals surface area (Å²) in [7, 11) is 0. The van der Waals surface area contributed by atoms with E-state index in [0.29, 0.717) is 6.42 Å². The first kappa shape index (κ1) is 13.4. The quantitative estimate of drug-likeness (QED) is 0.854. The number of Topliss-reactive ketones (excluding diaryl/α,β-unsaturated/α-hetero) is 1. The molecule has 0 amide bonds. The van der Waals surface area contributed by atoms with Crippen molar-refractivity contribution in [3.8, 4) is 0 Å². The predicted octanol–water partition coefficient (Wildman–Crippen LogP) is 2.99. The molecule has 112 valence electrons. The summed E-state index contributed by atoms with van der Waals surface area (Å²) < 4.78 is 0. The molecule has 22 heavy (non-hydrogen) atoms. The van der Waals surface area contributed by atoms with Gasteiger partial charge in [0.15, 0.2) is 5.78 Å². The van der Waals surface area contributed by atoms with Gasteiger partial charge in [-0.15, -0.1) is 0 Å². The average Bonchev–Trinajstić information content (AvgIpc) is 3.09. The van der Waals surface area contributed by atoms with Gasteiger partial charge in [0.25, 0.3) is 0 Å². The minimum Gasteiger partial charge on any atom is -0.341 e. The number of ketones is 1. The number of carbonyl (C=O) groups is 1. The lowest BCUT2D eigenvalue weighted by Crippen LogP contribution is -2.25. The van der Waals surface area contributed by atoms with Crippen molar-refractivity contribution in [3.63, 3.8) is 0 Å². The van der Waals surface area contributed by atoms with Crippen molar-refractivity contribution in [2.75, 3.05) is 18.0 Å². The monoisotopic (exact) mass is 293 g/mol. The molecule has 0 radical (unpaired) electrons. The van der Waals surface area contributed by atoms with E-state index in [4.69, 9.17) is 4.98 Å². The fourth-order valence-corrected chi connectivity index (χ4v) is 3.46. The molecule has 4 nitrogen and oxygen atoms in total. The van der Waals surface area contributed by atoms with Gasteiger partial charge in [-0.2, -0.15) is 0 Å². The molecular formula is C18H19N3O. The number of nitrogens with zero attached hydrogens (tertiary/aromatic N) is 3. The smallest absolute Gasteiger partial charge is 0.225 e. The Hall–Kier alpha value is -2.23. The predicted molar refractivity (Wildman–Crippen MR) is 85.3 cm³/mol. The Bertz CT molecular complexity index is 693. The summed E-state index contributed by atoms with van der Waals surface area (Å²) in [4.78, 5) is 23.8. The number of carbonyl (C=O) groups excluding carboxylic acids is 1. The van der Waals surface area contributed by atoms with E-state index in [1.54, 1.807) is 6.20 Å². The molecular weight excluding hydrogens is 274 g/mol. The van der Waals surface area contributed by atoms with Gasteiger partial charge in [-0.25, -0.2) is 9.97 Å². The Morgan fingerprint density at radius 1 is 1.05 bits per heavy atom. The van der Waals surface area contributed by atoms with Crippen molar-refractivity contribution in [1.82, 2.24) is 9.97 Å². The summed E-state index contributed by atoms with van der Waals surface area (Å²) in [6, 6.07) is 10.3. The van der Waals surface area contributed by atoms with Crippen LogP contribution in [-0.2, 0) is 6.42 Å². The fraction of sp³-hybridized carbons (Fsp3) is 0.389. The molecule has 1 aromatic heterocycles. The summed E-state index contributed by atoms with van der Waals surface area (Å²) in [5.74, 6) is 1.20. The normalized spacial score (nSPS) is 21.0. The van der Waals surface area contributed by atoms with Crippen molar-refractivity contribution in [3.05, 3.63) is 53.3 Å². The first-order chi connectivity index (χ1) is 10.8. The van der Waals surface area contributed by atoms with Crippen LogP contribution >= 0.6 is 0 Å². The van der Waals surface area contributed by atoms with E-state index in [2.05, 4.69) is 22.0 Å². The summed E-state index contributed by atoms with van der Waals surface area (Å²) in [5, 5.41) is 0. The molecule has 0 N–H and O–H groups in total. The number of rotatable bonds is 2. The third-order valence-electron chi connectivity index (χ3n) is 4.69. The van der Waals surface area contributed by atoms with Gasteiger partial charge in [0.05, 0.1) is 11.3 Å². The summed E-state index contributed by atoms with van der Waals surface area (Å²) >= 11 is 0. The van der Waals surface area contributed by atoms with Crippen LogP contribution in [0.3, 0.4) is 0 Å². The topological polar surface area (TPSA) is 46.1 Å². The molecule has 1 atom stereocenters. The second kappa shape index (κ2) is 5.52. The zero-order valence-corrected chi connectivity index (χ0v) is 12.5. The molecule has 2 aromatic rings. The van der Waals surface area contributed by atoms with Crippen LogP contribution in [0.25, 0.3) is 0 Å². The van der Waals surface area contributed by atoms with Crippen LogP contribution in [0.2, 0.25) is 0 Å². The molecule has 0 bridgehead atoms. The molecule has 1 aromatic carbocycles. The van der Waals surface area contributed by atoms with Crippen LogP contribution in [0.1, 0.15) is 46.8 Å². The third-order valence-corrected chi connectivity index (χ3v) is 4.69. The summed E-state index contributed by atoms with van der Waals surface area (Å²) in [5.41, 5.74) is 2.86. The third kappa shape index (κ3) is 2.39. The van der Waals surface area contributed by atoms with Crippen LogP contribution in [0, 0.1) is 0 Å². The van der Waals surface area contributed by atoms with Gasteiger partial charge in [0, 0.05) is 25.7 Å². The average molecular weight is 293 g/mol. The second-order valence-corrected chi connectivity index (χ2v) is 6.16. The lowest BCUT2D eigenvalue weighted by molar-refractivity contribution is 0.0962. The Labute approximate surface area is 130 Å². The van der Waals surface area contributed by atoms with Gasteiger partial charge in [-0.3, -0.25) is 4.79 Å². The minimum absolute atomic E-state index is 0.170. The van der Waals surface area contributed by atoms with Crippen molar-refractivity contribution < 1.29 is 4.79 Å². The summed E-state index contributed by atoms with van der Waals surface area (Å²) in [6.07, 6.45) is 5.52. The van der Waals surface area contributed by atoms with Crippen molar-refractivity contribution in [2.45, 2.75) is 31.6 Å². The molecule has 1 saturated heterocycles. The minimum atomic E-state index is 0.170. The number of benzene rings is 1. The van der Waals surface area contributed by atoms with E-state index >= 15 is 0 Å². The standard InChI is InChI=1S/C18H19N3O/c22-17-11-14(13-6-2-1-3-7-13)10-16-15(17)12-19-18(20-16)21-8-4-5-9-21/h1-3,6-7,12,14H,4-5,8-11H2/t14-/m0/s1. The van der Waals surface area contributed by atoms with E-state index in [1.807, 2.05) is 18.2 Å². The Kier molecular flexibility index (Phi) is 3.37. The van der Waals surface area contributed by atoms with Crippen LogP contribution < -0.4 is 4.90 Å². The van der Waals surface area contributed by atoms with E-state index in [1.165, 1.54) is 18.4 Å². The first-order valence-electron chi connectivity index (χ1n) is 8.00. The second-order valence-electron chi connectivity index (χ2n) is 6.16. The molecule has 1 aliphatic heterocycles. The van der Waals surface area contributed by atoms with Crippen LogP contribution in [-0.4, -0.2) is 28.8 Å². The van der Waals surface area contributed by atoms with Gasteiger partial charge in [-0.05, 0) is 30.7 Å². The number of fused-ring (bicyclic) bond motifs is 1. The SMILES string of the molecule is O=C1C[C@@H](c2ccccc2)Cc2nc(N3CCCC3)ncc21. The first-order valence-corrected chi connectivity index (χ1v) is 8.00. The number of anilines is 1. The van der Waals surface area contributed by atoms with Gasteiger partial charge >= 0.3 is 0 Å². The number of hydrogen-bond donors (Lipinski definition) is 0. The highest BCUT2D eigenvalue weighted by atomic mass is 16.1. The van der Waals surface area contributed by atoms with Gasteiger partial charge in [0.1, 0.15) is 0 Å². The maximum absolute atomic E-state index is 12.4. The molecule has 0 saturated carbocycles.